The van der Waals surface area contributed by atoms with Gasteiger partial charge in [0.25, 0.3) is 0 Å². The third-order valence-corrected chi connectivity index (χ3v) is 7.26. The third-order valence-electron chi connectivity index (χ3n) is 7.26. The molecule has 0 atom stereocenters. The molecule has 167 valence electrons. The highest BCUT2D eigenvalue weighted by Crippen LogP contribution is 2.54. The first-order chi connectivity index (χ1) is 14.6. The standard InChI is InChI=1S/C30H47/c1-6-11-14-17-28-22-26-23-29(18-9-4,19-10-5)24-27(26)25-30(28,20-15-12-7-2)21-16-13-8-3/h9-10,22,25H,4-8,11-21,24H2,1-3H3. The lowest BCUT2D eigenvalue weighted by Crippen LogP contribution is -2.25. The van der Waals surface area contributed by atoms with Crippen LogP contribution in [-0.4, -0.2) is 0 Å². The zero-order chi connectivity index (χ0) is 21.9. The lowest BCUT2D eigenvalue weighted by atomic mass is 9.66. The van der Waals surface area contributed by atoms with E-state index < -0.39 is 0 Å². The summed E-state index contributed by atoms with van der Waals surface area (Å²) in [4.78, 5) is 0. The molecule has 0 fully saturated rings. The molecule has 30 heavy (non-hydrogen) atoms. The maximum Gasteiger partial charge on any atom is 0.0100 e. The van der Waals surface area contributed by atoms with Gasteiger partial charge in [-0.25, -0.2) is 0 Å². The summed E-state index contributed by atoms with van der Waals surface area (Å²) >= 11 is 0. The number of hydrogen-bond donors (Lipinski definition) is 0. The zero-order valence-electron chi connectivity index (χ0n) is 20.3. The Bertz CT molecular complexity index is 619. The van der Waals surface area contributed by atoms with Crippen molar-refractivity contribution in [2.75, 3.05) is 0 Å². The molecule has 0 aromatic carbocycles. The summed E-state index contributed by atoms with van der Waals surface area (Å²) in [5, 5.41) is 0. The molecule has 0 heterocycles. The van der Waals surface area contributed by atoms with E-state index in [-0.39, 0.29) is 10.8 Å². The first kappa shape index (κ1) is 25.0. The van der Waals surface area contributed by atoms with Crippen molar-refractivity contribution in [3.63, 3.8) is 0 Å². The molecule has 0 aliphatic heterocycles. The fraction of sp³-hybridized carbons (Fsp3) is 0.667. The van der Waals surface area contributed by atoms with Crippen molar-refractivity contribution in [3.8, 4) is 0 Å². The minimum Gasteiger partial charge on any atom is -0.103 e. The van der Waals surface area contributed by atoms with E-state index in [0.717, 1.165) is 19.3 Å². The zero-order valence-corrected chi connectivity index (χ0v) is 20.3. The molecule has 0 bridgehead atoms. The Hall–Kier alpha value is -1.30. The van der Waals surface area contributed by atoms with E-state index in [1.54, 1.807) is 11.1 Å². The van der Waals surface area contributed by atoms with Gasteiger partial charge in [0, 0.05) is 10.8 Å². The quantitative estimate of drug-likeness (QED) is 0.176. The minimum absolute atomic E-state index is 0.0820. The van der Waals surface area contributed by atoms with Crippen LogP contribution in [-0.2, 0) is 0 Å². The summed E-state index contributed by atoms with van der Waals surface area (Å²) in [7, 11) is 0. The molecule has 0 unspecified atom stereocenters. The molecule has 0 N–H and O–H groups in total. The second-order valence-corrected chi connectivity index (χ2v) is 9.85. The molecule has 2 aliphatic rings. The summed E-state index contributed by atoms with van der Waals surface area (Å²) in [5.41, 5.74) is 5.04. The smallest absolute Gasteiger partial charge is 0.0100 e. The van der Waals surface area contributed by atoms with Crippen molar-refractivity contribution < 1.29 is 0 Å². The van der Waals surface area contributed by atoms with Crippen LogP contribution in [0.2, 0.25) is 0 Å². The van der Waals surface area contributed by atoms with Gasteiger partial charge in [-0.1, -0.05) is 102 Å². The Kier molecular flexibility index (Phi) is 10.4. The summed E-state index contributed by atoms with van der Waals surface area (Å²) in [5.74, 6) is 0. The van der Waals surface area contributed by atoms with Crippen molar-refractivity contribution in [3.05, 3.63) is 60.3 Å². The van der Waals surface area contributed by atoms with Crippen LogP contribution in [0.15, 0.2) is 54.2 Å². The molecular weight excluding hydrogens is 360 g/mol. The van der Waals surface area contributed by atoms with Gasteiger partial charge in [0.2, 0.25) is 0 Å². The van der Waals surface area contributed by atoms with Crippen LogP contribution in [0.4, 0.5) is 0 Å². The Balaban J connectivity index is 2.40. The summed E-state index contributed by atoms with van der Waals surface area (Å²) in [6.45, 7) is 15.1. The number of rotatable bonds is 16. The molecule has 2 aliphatic carbocycles. The largest absolute Gasteiger partial charge is 0.103 e. The van der Waals surface area contributed by atoms with E-state index in [1.807, 2.05) is 0 Å². The topological polar surface area (TPSA) is 0 Å². The Morgan fingerprint density at radius 1 is 0.867 bits per heavy atom. The highest BCUT2D eigenvalue weighted by molar-refractivity contribution is 5.53. The average molecular weight is 408 g/mol. The number of hydrogen-bond acceptors (Lipinski definition) is 0. The van der Waals surface area contributed by atoms with Crippen LogP contribution in [0.25, 0.3) is 0 Å². The molecule has 0 amide bonds. The van der Waals surface area contributed by atoms with Gasteiger partial charge in [-0.2, -0.15) is 0 Å². The Morgan fingerprint density at radius 3 is 1.97 bits per heavy atom. The molecule has 0 heteroatoms. The van der Waals surface area contributed by atoms with Crippen LogP contribution in [0.3, 0.4) is 0 Å². The highest BCUT2D eigenvalue weighted by Gasteiger charge is 2.40. The van der Waals surface area contributed by atoms with E-state index >= 15 is 0 Å². The van der Waals surface area contributed by atoms with E-state index in [1.165, 1.54) is 82.6 Å². The summed E-state index contributed by atoms with van der Waals surface area (Å²) < 4.78 is 0. The monoisotopic (exact) mass is 407 g/mol. The lowest BCUT2D eigenvalue weighted by Gasteiger charge is -2.38. The predicted octanol–water partition coefficient (Wildman–Crippen LogP) is 9.85. The average Bonchev–Trinajstić information content (AvgIpc) is 3.05. The molecule has 0 saturated carbocycles. The normalized spacial score (nSPS) is 19.0. The van der Waals surface area contributed by atoms with E-state index in [0.29, 0.717) is 0 Å². The van der Waals surface area contributed by atoms with Gasteiger partial charge < -0.3 is 0 Å². The molecule has 1 radical (unpaired) electrons. The fourth-order valence-corrected chi connectivity index (χ4v) is 5.61. The second-order valence-electron chi connectivity index (χ2n) is 9.85. The van der Waals surface area contributed by atoms with Crippen molar-refractivity contribution in [1.82, 2.24) is 0 Å². The van der Waals surface area contributed by atoms with E-state index in [2.05, 4.69) is 64.3 Å². The van der Waals surface area contributed by atoms with Gasteiger partial charge in [0.1, 0.15) is 0 Å². The molecule has 0 spiro atoms. The van der Waals surface area contributed by atoms with Crippen LogP contribution < -0.4 is 0 Å². The van der Waals surface area contributed by atoms with Gasteiger partial charge in [-0.3, -0.25) is 0 Å². The van der Waals surface area contributed by atoms with Crippen molar-refractivity contribution in [1.29, 1.82) is 0 Å². The van der Waals surface area contributed by atoms with Gasteiger partial charge in [0.05, 0.1) is 0 Å². The Morgan fingerprint density at radius 2 is 1.43 bits per heavy atom. The van der Waals surface area contributed by atoms with Gasteiger partial charge in [-0.15, -0.1) is 13.2 Å². The van der Waals surface area contributed by atoms with Crippen molar-refractivity contribution in [2.45, 2.75) is 117 Å². The molecule has 0 aromatic rings. The predicted molar refractivity (Wildman–Crippen MR) is 134 cm³/mol. The third kappa shape index (κ3) is 6.35. The first-order valence-corrected chi connectivity index (χ1v) is 12.9. The summed E-state index contributed by atoms with van der Waals surface area (Å²) in [6.07, 6.45) is 32.4. The molecular formula is C30H47. The number of fused-ring (bicyclic) bond motifs is 1. The van der Waals surface area contributed by atoms with Crippen molar-refractivity contribution >= 4 is 0 Å². The van der Waals surface area contributed by atoms with E-state index in [4.69, 9.17) is 0 Å². The molecule has 0 nitrogen and oxygen atoms in total. The van der Waals surface area contributed by atoms with Gasteiger partial charge in [-0.05, 0) is 62.2 Å². The SMILES string of the molecule is C=CCC1(CC=C)[C]=C2C=C(CCCCC)C(CCCCC)(CCCCC)C=C2C1. The van der Waals surface area contributed by atoms with E-state index in [9.17, 15) is 0 Å². The summed E-state index contributed by atoms with van der Waals surface area (Å²) in [6, 6.07) is 0. The first-order valence-electron chi connectivity index (χ1n) is 12.9. The fourth-order valence-electron chi connectivity index (χ4n) is 5.61. The molecule has 0 aromatic heterocycles. The number of unbranched alkanes of at least 4 members (excludes halogenated alkanes) is 6. The van der Waals surface area contributed by atoms with Crippen LogP contribution >= 0.6 is 0 Å². The van der Waals surface area contributed by atoms with Crippen LogP contribution in [0, 0.1) is 16.9 Å². The highest BCUT2D eigenvalue weighted by atomic mass is 14.4. The number of allylic oxidation sites excluding steroid dienone is 8. The lowest BCUT2D eigenvalue weighted by molar-refractivity contribution is 0.335. The second kappa shape index (κ2) is 12.5. The molecule has 0 saturated heterocycles. The van der Waals surface area contributed by atoms with Crippen molar-refractivity contribution in [2.24, 2.45) is 10.8 Å². The van der Waals surface area contributed by atoms with Gasteiger partial charge in [0.15, 0.2) is 0 Å². The van der Waals surface area contributed by atoms with Gasteiger partial charge >= 0.3 is 0 Å². The van der Waals surface area contributed by atoms with Crippen LogP contribution in [0.1, 0.15) is 117 Å². The maximum absolute atomic E-state index is 4.04. The van der Waals surface area contributed by atoms with Crippen LogP contribution in [0.5, 0.6) is 0 Å². The maximum atomic E-state index is 4.04. The molecule has 2 rings (SSSR count). The Labute approximate surface area is 188 Å². The minimum atomic E-state index is 0.0820.